The van der Waals surface area contributed by atoms with E-state index in [0.717, 1.165) is 10.1 Å². The van der Waals surface area contributed by atoms with Gasteiger partial charge in [0.05, 0.1) is 17.6 Å². The van der Waals surface area contributed by atoms with E-state index in [4.69, 9.17) is 16.3 Å². The molecule has 3 aromatic rings. The minimum atomic E-state index is -0.601. The Bertz CT molecular complexity index is 1390. The Morgan fingerprint density at radius 2 is 1.71 bits per heavy atom. The van der Waals surface area contributed by atoms with Crippen molar-refractivity contribution in [2.24, 2.45) is 14.1 Å². The average Bonchev–Trinajstić information content (AvgIpc) is 2.87. The van der Waals surface area contributed by atoms with Gasteiger partial charge in [-0.1, -0.05) is 23.7 Å². The minimum Gasteiger partial charge on any atom is -0.465 e. The number of pyridine rings is 1. The minimum absolute atomic E-state index is 0.198. The summed E-state index contributed by atoms with van der Waals surface area (Å²) in [7, 11) is 2.91. The quantitative estimate of drug-likeness (QED) is 0.488. The highest BCUT2D eigenvalue weighted by molar-refractivity contribution is 6.30. The lowest BCUT2D eigenvalue weighted by atomic mass is 10.0. The maximum atomic E-state index is 13.2. The normalized spacial score (nSPS) is 15.3. The predicted octanol–water partition coefficient (Wildman–Crippen LogP) is 1.35. The molecule has 1 atom stereocenters. The number of aromatic nitrogens is 3. The van der Waals surface area contributed by atoms with Crippen molar-refractivity contribution in [2.45, 2.75) is 13.0 Å². The average molecular weight is 500 g/mol. The molecule has 0 spiro atoms. The molecule has 1 unspecified atom stereocenters. The molecule has 11 heteroatoms. The first-order valence-corrected chi connectivity index (χ1v) is 11.6. The first-order chi connectivity index (χ1) is 16.7. The molecule has 3 heterocycles. The van der Waals surface area contributed by atoms with Crippen LogP contribution in [0.15, 0.2) is 46.1 Å². The third kappa shape index (κ3) is 4.71. The molecule has 1 fully saturated rings. The van der Waals surface area contributed by atoms with Crippen molar-refractivity contribution in [3.05, 3.63) is 73.5 Å². The number of benzene rings is 1. The van der Waals surface area contributed by atoms with Crippen molar-refractivity contribution in [1.29, 1.82) is 0 Å². The van der Waals surface area contributed by atoms with E-state index in [9.17, 15) is 19.2 Å². The summed E-state index contributed by atoms with van der Waals surface area (Å²) in [6.07, 6.45) is 1.38. The largest absolute Gasteiger partial charge is 0.465 e. The van der Waals surface area contributed by atoms with Gasteiger partial charge in [0.25, 0.3) is 11.5 Å². The molecule has 0 N–H and O–H groups in total. The smallest absolute Gasteiger partial charge is 0.332 e. The molecule has 1 aliphatic heterocycles. The number of hydrogen-bond acceptors (Lipinski definition) is 7. The van der Waals surface area contributed by atoms with Crippen LogP contribution in [0.1, 0.15) is 28.9 Å². The van der Waals surface area contributed by atoms with Gasteiger partial charge >= 0.3 is 11.7 Å². The van der Waals surface area contributed by atoms with Gasteiger partial charge in [0.2, 0.25) is 0 Å². The van der Waals surface area contributed by atoms with Gasteiger partial charge in [0, 0.05) is 51.5 Å². The number of esters is 1. The SMILES string of the molecule is CCOC(=O)C(c1ccc(Cl)cc1)N1CCN(C(=O)c2cnc3c(c2)c(=O)n(C)c(=O)n3C)CC1. The van der Waals surface area contributed by atoms with E-state index in [2.05, 4.69) is 4.98 Å². The number of hydrogen-bond donors (Lipinski definition) is 0. The summed E-state index contributed by atoms with van der Waals surface area (Å²) >= 11 is 6.01. The number of rotatable bonds is 5. The third-order valence-electron chi connectivity index (χ3n) is 6.20. The number of fused-ring (bicyclic) bond motifs is 1. The van der Waals surface area contributed by atoms with Gasteiger partial charge in [0.1, 0.15) is 11.7 Å². The van der Waals surface area contributed by atoms with Gasteiger partial charge in [0.15, 0.2) is 0 Å². The monoisotopic (exact) mass is 499 g/mol. The molecule has 10 nitrogen and oxygen atoms in total. The number of carbonyl (C=O) groups is 2. The highest BCUT2D eigenvalue weighted by atomic mass is 35.5. The molecule has 184 valence electrons. The Morgan fingerprint density at radius 3 is 2.34 bits per heavy atom. The molecule has 0 radical (unpaired) electrons. The number of ether oxygens (including phenoxy) is 1. The lowest BCUT2D eigenvalue weighted by Gasteiger charge is -2.38. The zero-order chi connectivity index (χ0) is 25.3. The molecule has 35 heavy (non-hydrogen) atoms. The molecular formula is C24H26ClN5O5. The van der Waals surface area contributed by atoms with Crippen LogP contribution in [-0.4, -0.2) is 68.6 Å². The standard InChI is InChI=1S/C24H26ClN5O5/c1-4-35-23(33)19(15-5-7-17(25)8-6-15)29-9-11-30(12-10-29)21(31)16-13-18-20(26-14-16)27(2)24(34)28(3)22(18)32/h5-8,13-14,19H,4,9-12H2,1-3H3. The van der Waals surface area contributed by atoms with Gasteiger partial charge in [-0.25, -0.2) is 14.6 Å². The first-order valence-electron chi connectivity index (χ1n) is 11.2. The highest BCUT2D eigenvalue weighted by Crippen LogP contribution is 2.26. The second-order valence-corrected chi connectivity index (χ2v) is 8.77. The zero-order valence-electron chi connectivity index (χ0n) is 19.7. The van der Waals surface area contributed by atoms with Crippen molar-refractivity contribution in [1.82, 2.24) is 23.9 Å². The van der Waals surface area contributed by atoms with E-state index < -0.39 is 17.3 Å². The second-order valence-electron chi connectivity index (χ2n) is 8.34. The Labute approximate surface area is 206 Å². The summed E-state index contributed by atoms with van der Waals surface area (Å²) in [5.41, 5.74) is 0.270. The molecule has 4 rings (SSSR count). The van der Waals surface area contributed by atoms with E-state index in [0.29, 0.717) is 31.2 Å². The van der Waals surface area contributed by atoms with Crippen molar-refractivity contribution in [3.63, 3.8) is 0 Å². The van der Waals surface area contributed by atoms with Gasteiger partial charge in [-0.15, -0.1) is 0 Å². The number of amides is 1. The topological polar surface area (TPSA) is 107 Å². The second kappa shape index (κ2) is 10.0. The fourth-order valence-corrected chi connectivity index (χ4v) is 4.44. The molecule has 2 aromatic heterocycles. The molecule has 1 aromatic carbocycles. The van der Waals surface area contributed by atoms with Crippen LogP contribution in [0.3, 0.4) is 0 Å². The fraction of sp³-hybridized carbons (Fsp3) is 0.375. The summed E-state index contributed by atoms with van der Waals surface area (Å²) in [5.74, 6) is -0.621. The van der Waals surface area contributed by atoms with Crippen LogP contribution >= 0.6 is 11.6 Å². The number of piperazine rings is 1. The number of halogens is 1. The van der Waals surface area contributed by atoms with Crippen molar-refractivity contribution < 1.29 is 14.3 Å². The maximum absolute atomic E-state index is 13.2. The predicted molar refractivity (Wildman–Crippen MR) is 131 cm³/mol. The summed E-state index contributed by atoms with van der Waals surface area (Å²) < 4.78 is 7.57. The Kier molecular flexibility index (Phi) is 7.04. The summed E-state index contributed by atoms with van der Waals surface area (Å²) in [6, 6.07) is 7.95. The maximum Gasteiger partial charge on any atom is 0.332 e. The van der Waals surface area contributed by atoms with Crippen molar-refractivity contribution in [3.8, 4) is 0 Å². The molecule has 0 saturated carbocycles. The van der Waals surface area contributed by atoms with Crippen LogP contribution in [0.25, 0.3) is 11.0 Å². The number of carbonyl (C=O) groups excluding carboxylic acids is 2. The molecule has 1 saturated heterocycles. The Hall–Kier alpha value is -3.50. The van der Waals surface area contributed by atoms with Crippen molar-refractivity contribution >= 4 is 34.5 Å². The highest BCUT2D eigenvalue weighted by Gasteiger charge is 2.33. The van der Waals surface area contributed by atoms with Crippen LogP contribution < -0.4 is 11.2 Å². The molecule has 1 amide bonds. The summed E-state index contributed by atoms with van der Waals surface area (Å²) in [5, 5.41) is 0.773. The third-order valence-corrected chi connectivity index (χ3v) is 6.45. The summed E-state index contributed by atoms with van der Waals surface area (Å²) in [6.45, 7) is 3.69. The molecule has 1 aliphatic rings. The molecule has 0 bridgehead atoms. The number of aryl methyl sites for hydroxylation is 1. The van der Waals surface area contributed by atoms with Crippen LogP contribution in [0.2, 0.25) is 5.02 Å². The van der Waals surface area contributed by atoms with Crippen LogP contribution in [0.5, 0.6) is 0 Å². The van der Waals surface area contributed by atoms with Gasteiger partial charge in [-0.2, -0.15) is 0 Å². The van der Waals surface area contributed by atoms with E-state index >= 15 is 0 Å². The van der Waals surface area contributed by atoms with Gasteiger partial charge in [-0.3, -0.25) is 23.6 Å². The zero-order valence-corrected chi connectivity index (χ0v) is 20.5. The van der Waals surface area contributed by atoms with Crippen molar-refractivity contribution in [2.75, 3.05) is 32.8 Å². The molecular weight excluding hydrogens is 474 g/mol. The lowest BCUT2D eigenvalue weighted by molar-refractivity contribution is -0.150. The lowest BCUT2D eigenvalue weighted by Crippen LogP contribution is -2.51. The summed E-state index contributed by atoms with van der Waals surface area (Å²) in [4.78, 5) is 58.5. The van der Waals surface area contributed by atoms with Gasteiger partial charge in [-0.05, 0) is 30.7 Å². The van der Waals surface area contributed by atoms with E-state index in [-0.39, 0.29) is 35.1 Å². The fourth-order valence-electron chi connectivity index (χ4n) is 4.31. The van der Waals surface area contributed by atoms with Crippen LogP contribution in [-0.2, 0) is 23.6 Å². The van der Waals surface area contributed by atoms with E-state index in [1.54, 1.807) is 36.1 Å². The first kappa shape index (κ1) is 24.6. The van der Waals surface area contributed by atoms with Crippen LogP contribution in [0, 0.1) is 0 Å². The van der Waals surface area contributed by atoms with E-state index in [1.165, 1.54) is 30.9 Å². The van der Waals surface area contributed by atoms with Crippen LogP contribution in [0.4, 0.5) is 0 Å². The van der Waals surface area contributed by atoms with E-state index in [1.807, 2.05) is 4.90 Å². The van der Waals surface area contributed by atoms with Gasteiger partial charge < -0.3 is 9.64 Å². The Morgan fingerprint density at radius 1 is 1.06 bits per heavy atom. The Balaban J connectivity index is 1.54. The number of nitrogens with zero attached hydrogens (tertiary/aromatic N) is 5. The molecule has 0 aliphatic carbocycles.